The normalized spacial score (nSPS) is 11.3. The predicted octanol–water partition coefficient (Wildman–Crippen LogP) is 2.55. The van der Waals surface area contributed by atoms with Crippen LogP contribution in [0.4, 0.5) is 0 Å². The van der Waals surface area contributed by atoms with Crippen LogP contribution in [0.3, 0.4) is 0 Å². The number of hydrogen-bond donors (Lipinski definition) is 1. The summed E-state index contributed by atoms with van der Waals surface area (Å²) in [6.45, 7) is 4.88. The van der Waals surface area contributed by atoms with Gasteiger partial charge in [-0.25, -0.2) is 0 Å². The number of nitrogens with zero attached hydrogens (tertiary/aromatic N) is 2. The largest absolute Gasteiger partial charge is 0.392 e. The standard InChI is InChI=1S/C15H18N2O/c1-12-15(9-6-10-18)13(2)17(16-12)11-14-7-4-3-5-8-14/h3-9,18H,10-11H2,1-2H3/b9-6+. The fourth-order valence-corrected chi connectivity index (χ4v) is 2.03. The topological polar surface area (TPSA) is 38.0 Å². The number of aryl methyl sites for hydroxylation is 1. The Balaban J connectivity index is 2.27. The van der Waals surface area contributed by atoms with Gasteiger partial charge in [0.15, 0.2) is 0 Å². The molecule has 2 rings (SSSR count). The summed E-state index contributed by atoms with van der Waals surface area (Å²) in [6.07, 6.45) is 3.67. The van der Waals surface area contributed by atoms with E-state index in [1.165, 1.54) is 5.56 Å². The van der Waals surface area contributed by atoms with Gasteiger partial charge in [-0.1, -0.05) is 42.5 Å². The van der Waals surface area contributed by atoms with Crippen molar-refractivity contribution in [2.75, 3.05) is 6.61 Å². The molecule has 0 aliphatic heterocycles. The lowest BCUT2D eigenvalue weighted by molar-refractivity contribution is 0.343. The highest BCUT2D eigenvalue weighted by Crippen LogP contribution is 2.16. The van der Waals surface area contributed by atoms with Crippen LogP contribution >= 0.6 is 0 Å². The van der Waals surface area contributed by atoms with Crippen molar-refractivity contribution in [2.24, 2.45) is 0 Å². The van der Waals surface area contributed by atoms with Crippen LogP contribution in [0.25, 0.3) is 6.08 Å². The fraction of sp³-hybridized carbons (Fsp3) is 0.267. The van der Waals surface area contributed by atoms with Gasteiger partial charge in [0.1, 0.15) is 0 Å². The summed E-state index contributed by atoms with van der Waals surface area (Å²) in [6, 6.07) is 10.3. The van der Waals surface area contributed by atoms with Gasteiger partial charge >= 0.3 is 0 Å². The van der Waals surface area contributed by atoms with Crippen LogP contribution in [0.5, 0.6) is 0 Å². The molecule has 0 unspecified atom stereocenters. The number of hydrogen-bond acceptors (Lipinski definition) is 2. The van der Waals surface area contributed by atoms with Gasteiger partial charge in [0.05, 0.1) is 18.8 Å². The summed E-state index contributed by atoms with van der Waals surface area (Å²) in [5.41, 5.74) is 4.45. The summed E-state index contributed by atoms with van der Waals surface area (Å²) < 4.78 is 2.00. The van der Waals surface area contributed by atoms with Crippen LogP contribution in [0, 0.1) is 13.8 Å². The Bertz CT molecular complexity index is 541. The van der Waals surface area contributed by atoms with E-state index < -0.39 is 0 Å². The highest BCUT2D eigenvalue weighted by Gasteiger charge is 2.08. The summed E-state index contributed by atoms with van der Waals surface area (Å²) in [5.74, 6) is 0. The Hall–Kier alpha value is -1.87. The lowest BCUT2D eigenvalue weighted by Gasteiger charge is -2.04. The van der Waals surface area contributed by atoms with E-state index in [0.717, 1.165) is 23.5 Å². The van der Waals surface area contributed by atoms with Gasteiger partial charge in [0, 0.05) is 11.3 Å². The smallest absolute Gasteiger partial charge is 0.0668 e. The molecular formula is C15H18N2O. The average molecular weight is 242 g/mol. The van der Waals surface area contributed by atoms with Crippen molar-refractivity contribution in [3.05, 3.63) is 58.9 Å². The van der Waals surface area contributed by atoms with Gasteiger partial charge in [-0.15, -0.1) is 0 Å². The summed E-state index contributed by atoms with van der Waals surface area (Å²) >= 11 is 0. The van der Waals surface area contributed by atoms with Crippen LogP contribution in [-0.4, -0.2) is 21.5 Å². The van der Waals surface area contributed by atoms with Gasteiger partial charge in [0.2, 0.25) is 0 Å². The Labute approximate surface area is 107 Å². The van der Waals surface area contributed by atoms with Crippen molar-refractivity contribution in [3.63, 3.8) is 0 Å². The number of aliphatic hydroxyl groups is 1. The molecule has 94 valence electrons. The molecule has 18 heavy (non-hydrogen) atoms. The Morgan fingerprint density at radius 1 is 1.22 bits per heavy atom. The zero-order valence-corrected chi connectivity index (χ0v) is 10.8. The molecule has 0 saturated heterocycles. The molecule has 0 fully saturated rings. The lowest BCUT2D eigenvalue weighted by atomic mass is 10.2. The van der Waals surface area contributed by atoms with Crippen LogP contribution in [0.15, 0.2) is 36.4 Å². The van der Waals surface area contributed by atoms with Gasteiger partial charge in [-0.3, -0.25) is 4.68 Å². The van der Waals surface area contributed by atoms with Crippen molar-refractivity contribution in [2.45, 2.75) is 20.4 Å². The first kappa shape index (κ1) is 12.6. The third kappa shape index (κ3) is 2.68. The first-order valence-electron chi connectivity index (χ1n) is 6.07. The molecule has 3 heteroatoms. The molecule has 2 aromatic rings. The SMILES string of the molecule is Cc1nn(Cc2ccccc2)c(C)c1/C=C/CO. The molecule has 0 spiro atoms. The molecule has 0 aliphatic carbocycles. The van der Waals surface area contributed by atoms with Crippen LogP contribution in [0.2, 0.25) is 0 Å². The van der Waals surface area contributed by atoms with Gasteiger partial charge in [-0.05, 0) is 19.4 Å². The van der Waals surface area contributed by atoms with Crippen molar-refractivity contribution in [3.8, 4) is 0 Å². The van der Waals surface area contributed by atoms with Gasteiger partial charge in [-0.2, -0.15) is 5.10 Å². The van der Waals surface area contributed by atoms with Crippen molar-refractivity contribution < 1.29 is 5.11 Å². The summed E-state index contributed by atoms with van der Waals surface area (Å²) in [4.78, 5) is 0. The van der Waals surface area contributed by atoms with E-state index >= 15 is 0 Å². The molecule has 0 amide bonds. The molecule has 1 aromatic carbocycles. The molecule has 1 heterocycles. The van der Waals surface area contributed by atoms with Crippen LogP contribution in [0.1, 0.15) is 22.5 Å². The second-order valence-electron chi connectivity index (χ2n) is 4.31. The Morgan fingerprint density at radius 3 is 2.61 bits per heavy atom. The highest BCUT2D eigenvalue weighted by molar-refractivity contribution is 5.54. The second kappa shape index (κ2) is 5.65. The molecule has 0 saturated carbocycles. The average Bonchev–Trinajstić information content (AvgIpc) is 2.64. The quantitative estimate of drug-likeness (QED) is 0.894. The third-order valence-electron chi connectivity index (χ3n) is 3.00. The number of aliphatic hydroxyl groups excluding tert-OH is 1. The van der Waals surface area contributed by atoms with Crippen molar-refractivity contribution in [1.82, 2.24) is 9.78 Å². The Kier molecular flexibility index (Phi) is 3.95. The summed E-state index contributed by atoms with van der Waals surface area (Å²) in [5, 5.41) is 13.4. The zero-order chi connectivity index (χ0) is 13.0. The van der Waals surface area contributed by atoms with E-state index in [-0.39, 0.29) is 6.61 Å². The first-order valence-corrected chi connectivity index (χ1v) is 6.07. The minimum Gasteiger partial charge on any atom is -0.392 e. The molecule has 1 aromatic heterocycles. The lowest BCUT2D eigenvalue weighted by Crippen LogP contribution is -2.03. The third-order valence-corrected chi connectivity index (χ3v) is 3.00. The minimum absolute atomic E-state index is 0.0583. The molecule has 0 aliphatic rings. The highest BCUT2D eigenvalue weighted by atomic mass is 16.2. The predicted molar refractivity (Wildman–Crippen MR) is 73.4 cm³/mol. The van der Waals surface area contributed by atoms with Crippen molar-refractivity contribution >= 4 is 6.08 Å². The Morgan fingerprint density at radius 2 is 1.94 bits per heavy atom. The second-order valence-corrected chi connectivity index (χ2v) is 4.31. The monoisotopic (exact) mass is 242 g/mol. The van der Waals surface area contributed by atoms with Crippen molar-refractivity contribution in [1.29, 1.82) is 0 Å². The maximum atomic E-state index is 8.84. The molecule has 0 atom stereocenters. The van der Waals surface area contributed by atoms with Gasteiger partial charge < -0.3 is 5.11 Å². The number of rotatable bonds is 4. The van der Waals surface area contributed by atoms with E-state index in [0.29, 0.717) is 0 Å². The van der Waals surface area contributed by atoms with E-state index in [1.54, 1.807) is 6.08 Å². The first-order chi connectivity index (χ1) is 8.72. The van der Waals surface area contributed by atoms with Crippen LogP contribution < -0.4 is 0 Å². The minimum atomic E-state index is 0.0583. The molecular weight excluding hydrogens is 224 g/mol. The maximum Gasteiger partial charge on any atom is 0.0668 e. The molecule has 0 bridgehead atoms. The molecule has 0 radical (unpaired) electrons. The van der Waals surface area contributed by atoms with E-state index in [4.69, 9.17) is 5.11 Å². The molecule has 1 N–H and O–H groups in total. The maximum absolute atomic E-state index is 8.84. The zero-order valence-electron chi connectivity index (χ0n) is 10.8. The van der Waals surface area contributed by atoms with E-state index in [9.17, 15) is 0 Å². The fourth-order valence-electron chi connectivity index (χ4n) is 2.03. The van der Waals surface area contributed by atoms with Gasteiger partial charge in [0.25, 0.3) is 0 Å². The number of benzene rings is 1. The van der Waals surface area contributed by atoms with E-state index in [2.05, 4.69) is 24.2 Å². The van der Waals surface area contributed by atoms with Crippen LogP contribution in [-0.2, 0) is 6.54 Å². The number of aromatic nitrogens is 2. The summed E-state index contributed by atoms with van der Waals surface area (Å²) in [7, 11) is 0. The van der Waals surface area contributed by atoms with E-state index in [1.807, 2.05) is 35.9 Å². The molecule has 3 nitrogen and oxygen atoms in total.